The number of aliphatic carboxylic acids is 1. The van der Waals surface area contributed by atoms with Gasteiger partial charge >= 0.3 is 5.97 Å². The Labute approximate surface area is 135 Å². The second-order valence-electron chi connectivity index (χ2n) is 5.29. The number of hydrogen-bond acceptors (Lipinski definition) is 4. The summed E-state index contributed by atoms with van der Waals surface area (Å²) in [6, 6.07) is 17.4. The van der Waals surface area contributed by atoms with E-state index in [0.717, 1.165) is 0 Å². The van der Waals surface area contributed by atoms with Crippen LogP contribution in [-0.4, -0.2) is 23.8 Å². The van der Waals surface area contributed by atoms with Gasteiger partial charge in [-0.3, -0.25) is 4.79 Å². The number of benzene rings is 2. The Bertz CT molecular complexity index is 628. The first-order valence-corrected chi connectivity index (χ1v) is 7.47. The number of fused-ring (bicyclic) bond motifs is 1. The average molecular weight is 315 g/mol. The SMILES string of the molecule is CC(N)c1ccccc1.O=C(O)CC1COc2ccccc2O1. The lowest BCUT2D eigenvalue weighted by Gasteiger charge is -2.25. The van der Waals surface area contributed by atoms with Gasteiger partial charge in [-0.25, -0.2) is 0 Å². The van der Waals surface area contributed by atoms with E-state index in [0.29, 0.717) is 18.1 Å². The molecule has 0 bridgehead atoms. The van der Waals surface area contributed by atoms with Crippen LogP contribution in [0.2, 0.25) is 0 Å². The average Bonchev–Trinajstić information content (AvgIpc) is 2.55. The van der Waals surface area contributed by atoms with Crippen LogP contribution >= 0.6 is 0 Å². The second-order valence-corrected chi connectivity index (χ2v) is 5.29. The van der Waals surface area contributed by atoms with Crippen LogP contribution in [-0.2, 0) is 4.79 Å². The molecule has 23 heavy (non-hydrogen) atoms. The number of ether oxygens (including phenoxy) is 2. The largest absolute Gasteiger partial charge is 0.486 e. The van der Waals surface area contributed by atoms with Gasteiger partial charge in [0.25, 0.3) is 0 Å². The normalized spacial score (nSPS) is 16.7. The van der Waals surface area contributed by atoms with Gasteiger partial charge in [-0.1, -0.05) is 42.5 Å². The van der Waals surface area contributed by atoms with Gasteiger partial charge in [-0.15, -0.1) is 0 Å². The van der Waals surface area contributed by atoms with Crippen LogP contribution in [0.25, 0.3) is 0 Å². The molecule has 0 spiro atoms. The van der Waals surface area contributed by atoms with Gasteiger partial charge in [0.15, 0.2) is 11.5 Å². The molecular weight excluding hydrogens is 294 g/mol. The number of nitrogens with two attached hydrogens (primary N) is 1. The van der Waals surface area contributed by atoms with Crippen molar-refractivity contribution in [3.8, 4) is 11.5 Å². The smallest absolute Gasteiger partial charge is 0.307 e. The summed E-state index contributed by atoms with van der Waals surface area (Å²) in [5.41, 5.74) is 6.81. The number of hydrogen-bond donors (Lipinski definition) is 2. The minimum atomic E-state index is -0.877. The molecule has 2 aromatic carbocycles. The zero-order valence-corrected chi connectivity index (χ0v) is 13.0. The number of para-hydroxylation sites is 2. The maximum absolute atomic E-state index is 10.4. The van der Waals surface area contributed by atoms with E-state index in [1.165, 1.54) is 5.56 Å². The fourth-order valence-electron chi connectivity index (χ4n) is 2.12. The highest BCUT2D eigenvalue weighted by molar-refractivity contribution is 5.67. The molecule has 3 rings (SSSR count). The fraction of sp³-hybridized carbons (Fsp3) is 0.278. The summed E-state index contributed by atoms with van der Waals surface area (Å²) in [6.45, 7) is 2.28. The molecule has 2 unspecified atom stereocenters. The van der Waals surface area contributed by atoms with Crippen LogP contribution in [0, 0.1) is 0 Å². The van der Waals surface area contributed by atoms with Crippen molar-refractivity contribution in [1.29, 1.82) is 0 Å². The third-order valence-electron chi connectivity index (χ3n) is 3.30. The van der Waals surface area contributed by atoms with Crippen molar-refractivity contribution in [3.63, 3.8) is 0 Å². The Morgan fingerprint density at radius 1 is 1.17 bits per heavy atom. The number of rotatable bonds is 3. The zero-order valence-electron chi connectivity index (χ0n) is 13.0. The number of carboxylic acids is 1. The molecule has 1 aliphatic rings. The molecule has 1 heterocycles. The molecule has 122 valence electrons. The third kappa shape index (κ3) is 5.30. The first-order valence-electron chi connectivity index (χ1n) is 7.47. The van der Waals surface area contributed by atoms with E-state index >= 15 is 0 Å². The zero-order chi connectivity index (χ0) is 16.7. The van der Waals surface area contributed by atoms with Crippen molar-refractivity contribution >= 4 is 5.97 Å². The summed E-state index contributed by atoms with van der Waals surface area (Å²) in [5, 5.41) is 8.58. The Morgan fingerprint density at radius 2 is 1.78 bits per heavy atom. The van der Waals surface area contributed by atoms with E-state index in [1.807, 2.05) is 49.4 Å². The Balaban J connectivity index is 0.000000185. The quantitative estimate of drug-likeness (QED) is 0.910. The van der Waals surface area contributed by atoms with Gasteiger partial charge < -0.3 is 20.3 Å². The molecule has 0 amide bonds. The van der Waals surface area contributed by atoms with E-state index in [-0.39, 0.29) is 18.6 Å². The van der Waals surface area contributed by atoms with E-state index in [9.17, 15) is 4.79 Å². The van der Waals surface area contributed by atoms with Crippen LogP contribution in [0.4, 0.5) is 0 Å². The standard InChI is InChI=1S/C10H10O4.C8H11N/c11-10(12)5-7-6-13-8-3-1-2-4-9(8)14-7;1-7(9)8-5-3-2-4-6-8/h1-4,7H,5-6H2,(H,11,12);2-7H,9H2,1H3. The molecule has 0 aromatic heterocycles. The summed E-state index contributed by atoms with van der Waals surface area (Å²) in [4.78, 5) is 10.4. The van der Waals surface area contributed by atoms with Crippen molar-refractivity contribution in [2.24, 2.45) is 5.73 Å². The van der Waals surface area contributed by atoms with Crippen molar-refractivity contribution in [2.45, 2.75) is 25.5 Å². The molecule has 0 fully saturated rings. The lowest BCUT2D eigenvalue weighted by molar-refractivity contribution is -0.139. The maximum Gasteiger partial charge on any atom is 0.307 e. The Hall–Kier alpha value is -2.53. The van der Waals surface area contributed by atoms with Gasteiger partial charge in [-0.05, 0) is 24.6 Å². The van der Waals surface area contributed by atoms with Crippen LogP contribution in [0.3, 0.4) is 0 Å². The van der Waals surface area contributed by atoms with Gasteiger partial charge in [-0.2, -0.15) is 0 Å². The molecule has 0 saturated heterocycles. The highest BCUT2D eigenvalue weighted by Crippen LogP contribution is 2.31. The molecule has 1 aliphatic heterocycles. The molecule has 0 aliphatic carbocycles. The molecule has 5 nitrogen and oxygen atoms in total. The summed E-state index contributed by atoms with van der Waals surface area (Å²) in [7, 11) is 0. The van der Waals surface area contributed by atoms with E-state index < -0.39 is 5.97 Å². The van der Waals surface area contributed by atoms with E-state index in [1.54, 1.807) is 12.1 Å². The third-order valence-corrected chi connectivity index (χ3v) is 3.30. The van der Waals surface area contributed by atoms with Gasteiger partial charge in [0, 0.05) is 6.04 Å². The lowest BCUT2D eigenvalue weighted by atomic mass is 10.1. The van der Waals surface area contributed by atoms with Gasteiger partial charge in [0.05, 0.1) is 6.42 Å². The molecular formula is C18H21NO4. The van der Waals surface area contributed by atoms with Gasteiger partial charge in [0.1, 0.15) is 12.7 Å². The molecule has 3 N–H and O–H groups in total. The van der Waals surface area contributed by atoms with Gasteiger partial charge in [0.2, 0.25) is 0 Å². The fourth-order valence-corrected chi connectivity index (χ4v) is 2.12. The monoisotopic (exact) mass is 315 g/mol. The molecule has 2 atom stereocenters. The Kier molecular flexibility index (Phi) is 6.00. The molecule has 2 aromatic rings. The van der Waals surface area contributed by atoms with Crippen LogP contribution in [0.15, 0.2) is 54.6 Å². The van der Waals surface area contributed by atoms with Crippen molar-refractivity contribution in [2.75, 3.05) is 6.61 Å². The van der Waals surface area contributed by atoms with Crippen LogP contribution < -0.4 is 15.2 Å². The Morgan fingerprint density at radius 3 is 2.35 bits per heavy atom. The molecule has 0 radical (unpaired) electrons. The van der Waals surface area contributed by atoms with Crippen molar-refractivity contribution < 1.29 is 19.4 Å². The van der Waals surface area contributed by atoms with Crippen molar-refractivity contribution in [3.05, 3.63) is 60.2 Å². The predicted molar refractivity (Wildman–Crippen MR) is 87.7 cm³/mol. The topological polar surface area (TPSA) is 81.8 Å². The maximum atomic E-state index is 10.4. The number of carboxylic acid groups (broad SMARTS) is 1. The minimum absolute atomic E-state index is 0.0334. The first kappa shape index (κ1) is 16.8. The van der Waals surface area contributed by atoms with Crippen LogP contribution in [0.1, 0.15) is 24.9 Å². The first-order chi connectivity index (χ1) is 11.1. The minimum Gasteiger partial charge on any atom is -0.486 e. The number of carbonyl (C=O) groups is 1. The predicted octanol–water partition coefficient (Wildman–Crippen LogP) is 3.01. The highest BCUT2D eigenvalue weighted by atomic mass is 16.6. The second kappa shape index (κ2) is 8.19. The molecule has 0 saturated carbocycles. The van der Waals surface area contributed by atoms with E-state index in [4.69, 9.17) is 20.3 Å². The lowest BCUT2D eigenvalue weighted by Crippen LogP contribution is -2.31. The summed E-state index contributed by atoms with van der Waals surface area (Å²) in [5.74, 6) is 0.414. The van der Waals surface area contributed by atoms with Crippen LogP contribution in [0.5, 0.6) is 11.5 Å². The summed E-state index contributed by atoms with van der Waals surface area (Å²) < 4.78 is 10.8. The highest BCUT2D eigenvalue weighted by Gasteiger charge is 2.22. The summed E-state index contributed by atoms with van der Waals surface area (Å²) in [6.07, 6.45) is -0.420. The molecule has 5 heteroatoms. The van der Waals surface area contributed by atoms with E-state index in [2.05, 4.69) is 0 Å². The van der Waals surface area contributed by atoms with Crippen molar-refractivity contribution in [1.82, 2.24) is 0 Å². The summed E-state index contributed by atoms with van der Waals surface area (Å²) >= 11 is 0.